The molecule has 0 saturated carbocycles. The van der Waals surface area contributed by atoms with Gasteiger partial charge in [-0.25, -0.2) is 0 Å². The zero-order valence-corrected chi connectivity index (χ0v) is 12.8. The van der Waals surface area contributed by atoms with Gasteiger partial charge in [-0.15, -0.1) is 0 Å². The summed E-state index contributed by atoms with van der Waals surface area (Å²) in [5, 5.41) is -0.299. The van der Waals surface area contributed by atoms with Crippen molar-refractivity contribution in [1.82, 2.24) is 9.80 Å². The van der Waals surface area contributed by atoms with Crippen molar-refractivity contribution < 1.29 is 18.9 Å². The molecule has 1 heterocycles. The van der Waals surface area contributed by atoms with Gasteiger partial charge in [-0.05, 0) is 5.31 Å². The van der Waals surface area contributed by atoms with Crippen molar-refractivity contribution in [3.63, 3.8) is 0 Å². The third-order valence-electron chi connectivity index (χ3n) is 2.89. The summed E-state index contributed by atoms with van der Waals surface area (Å²) < 4.78 is 11.3. The number of rotatable bonds is 2. The first-order chi connectivity index (χ1) is 8.55. The maximum atomic E-state index is 12.1. The molecule has 0 aliphatic carbocycles. The molecule has 0 aromatic carbocycles. The maximum Gasteiger partial charge on any atom is 0.464 e. The third kappa shape index (κ3) is 3.48. The number of likely N-dealkylation sites (N-methyl/N-ethyl adjacent to an activating group) is 2. The lowest BCUT2D eigenvalue weighted by molar-refractivity contribution is -0.146. The van der Waals surface area contributed by atoms with Crippen LogP contribution >= 0.6 is 0 Å². The Bertz CT molecular complexity index is 337. The van der Waals surface area contributed by atoms with Gasteiger partial charge in [0.1, 0.15) is 0 Å². The number of hydrogen-bond acceptors (Lipinski definition) is 4. The Morgan fingerprint density at radius 2 is 1.21 bits per heavy atom. The summed E-state index contributed by atoms with van der Waals surface area (Å²) in [5.74, 6) is -0.515. The van der Waals surface area contributed by atoms with Gasteiger partial charge in [-0.3, -0.25) is 9.59 Å². The first-order valence-corrected chi connectivity index (χ1v) is 6.29. The number of amides is 2. The van der Waals surface area contributed by atoms with Gasteiger partial charge in [0.25, 0.3) is 11.8 Å². The average molecular weight is 270 g/mol. The lowest BCUT2D eigenvalue weighted by atomic mass is 9.61. The molecule has 19 heavy (non-hydrogen) atoms. The molecule has 2 amide bonds. The van der Waals surface area contributed by atoms with Crippen LogP contribution < -0.4 is 0 Å². The van der Waals surface area contributed by atoms with Crippen LogP contribution in [0.1, 0.15) is 20.8 Å². The van der Waals surface area contributed by atoms with E-state index in [0.29, 0.717) is 0 Å². The molecule has 1 fully saturated rings. The monoisotopic (exact) mass is 270 g/mol. The van der Waals surface area contributed by atoms with Crippen molar-refractivity contribution in [1.29, 1.82) is 0 Å². The van der Waals surface area contributed by atoms with Crippen LogP contribution in [0.15, 0.2) is 0 Å². The van der Waals surface area contributed by atoms with E-state index in [2.05, 4.69) is 0 Å². The van der Waals surface area contributed by atoms with E-state index >= 15 is 0 Å². The Morgan fingerprint density at radius 3 is 1.42 bits per heavy atom. The van der Waals surface area contributed by atoms with Crippen LogP contribution in [0.3, 0.4) is 0 Å². The Morgan fingerprint density at radius 1 is 0.895 bits per heavy atom. The minimum atomic E-state index is -0.880. The van der Waals surface area contributed by atoms with Gasteiger partial charge in [0.15, 0.2) is 12.2 Å². The smallest absolute Gasteiger partial charge is 0.396 e. The molecular formula is C12H23BN2O4. The molecular weight excluding hydrogens is 247 g/mol. The molecule has 0 aromatic rings. The molecule has 108 valence electrons. The molecule has 0 N–H and O–H groups in total. The van der Waals surface area contributed by atoms with Gasteiger partial charge >= 0.3 is 7.12 Å². The molecule has 0 bridgehead atoms. The van der Waals surface area contributed by atoms with Crippen LogP contribution in [-0.2, 0) is 18.9 Å². The summed E-state index contributed by atoms with van der Waals surface area (Å²) in [6.45, 7) is 5.83. The molecule has 6 nitrogen and oxygen atoms in total. The quantitative estimate of drug-likeness (QED) is 0.674. The third-order valence-corrected chi connectivity index (χ3v) is 2.89. The van der Waals surface area contributed by atoms with Gasteiger partial charge in [0, 0.05) is 28.2 Å². The normalized spacial score (nSPS) is 23.4. The molecule has 0 spiro atoms. The first kappa shape index (κ1) is 16.0. The van der Waals surface area contributed by atoms with E-state index in [4.69, 9.17) is 9.31 Å². The summed E-state index contributed by atoms with van der Waals surface area (Å²) in [6, 6.07) is 0. The van der Waals surface area contributed by atoms with Crippen molar-refractivity contribution in [2.45, 2.75) is 38.3 Å². The molecule has 1 rings (SSSR count). The number of hydrogen-bond donors (Lipinski definition) is 0. The van der Waals surface area contributed by atoms with Crippen LogP contribution in [0.5, 0.6) is 0 Å². The highest BCUT2D eigenvalue weighted by molar-refractivity contribution is 6.49. The van der Waals surface area contributed by atoms with Gasteiger partial charge < -0.3 is 19.1 Å². The van der Waals surface area contributed by atoms with Crippen molar-refractivity contribution in [3.8, 4) is 0 Å². The fourth-order valence-corrected chi connectivity index (χ4v) is 1.73. The molecule has 0 unspecified atom stereocenters. The van der Waals surface area contributed by atoms with Gasteiger partial charge in [0.2, 0.25) is 0 Å². The van der Waals surface area contributed by atoms with Crippen molar-refractivity contribution in [2.75, 3.05) is 28.2 Å². The van der Waals surface area contributed by atoms with E-state index < -0.39 is 19.3 Å². The summed E-state index contributed by atoms with van der Waals surface area (Å²) in [7, 11) is 5.96. The van der Waals surface area contributed by atoms with Gasteiger partial charge in [-0.1, -0.05) is 20.8 Å². The van der Waals surface area contributed by atoms with E-state index in [9.17, 15) is 9.59 Å². The van der Waals surface area contributed by atoms with E-state index in [-0.39, 0.29) is 17.1 Å². The molecule has 2 atom stereocenters. The molecule has 1 aliphatic heterocycles. The van der Waals surface area contributed by atoms with Crippen molar-refractivity contribution >= 4 is 18.9 Å². The second-order valence-electron chi connectivity index (χ2n) is 6.28. The number of carbonyl (C=O) groups is 2. The van der Waals surface area contributed by atoms with E-state index in [1.807, 2.05) is 20.8 Å². The second kappa shape index (κ2) is 5.50. The molecule has 7 heteroatoms. The van der Waals surface area contributed by atoms with Crippen molar-refractivity contribution in [2.24, 2.45) is 0 Å². The number of carbonyl (C=O) groups excluding carboxylic acids is 2. The predicted octanol–water partition coefficient (Wildman–Crippen LogP) is 0.235. The highest BCUT2D eigenvalue weighted by atomic mass is 16.7. The largest absolute Gasteiger partial charge is 0.464 e. The zero-order chi connectivity index (χ0) is 15.0. The lowest BCUT2D eigenvalue weighted by Crippen LogP contribution is -2.47. The van der Waals surface area contributed by atoms with Crippen LogP contribution in [-0.4, -0.2) is 69.1 Å². The molecule has 0 aromatic heterocycles. The Hall–Kier alpha value is -1.08. The van der Waals surface area contributed by atoms with Gasteiger partial charge in [-0.2, -0.15) is 0 Å². The number of nitrogens with zero attached hydrogens (tertiary/aromatic N) is 2. The van der Waals surface area contributed by atoms with Crippen molar-refractivity contribution in [3.05, 3.63) is 0 Å². The summed E-state index contributed by atoms with van der Waals surface area (Å²) in [6.07, 6.45) is -1.76. The maximum absolute atomic E-state index is 12.1. The Labute approximate surface area is 115 Å². The molecule has 1 aliphatic rings. The fraction of sp³-hybridized carbons (Fsp3) is 0.833. The molecule has 1 saturated heterocycles. The van der Waals surface area contributed by atoms with E-state index in [0.717, 1.165) is 0 Å². The van der Waals surface area contributed by atoms with Gasteiger partial charge in [0.05, 0.1) is 0 Å². The fourth-order valence-electron chi connectivity index (χ4n) is 1.73. The zero-order valence-electron chi connectivity index (χ0n) is 12.8. The topological polar surface area (TPSA) is 59.1 Å². The van der Waals surface area contributed by atoms with Crippen LogP contribution in [0.25, 0.3) is 0 Å². The van der Waals surface area contributed by atoms with Crippen LogP contribution in [0, 0.1) is 0 Å². The second-order valence-corrected chi connectivity index (χ2v) is 6.28. The average Bonchev–Trinajstić information content (AvgIpc) is 2.70. The lowest BCUT2D eigenvalue weighted by Gasteiger charge is -2.22. The predicted molar refractivity (Wildman–Crippen MR) is 72.6 cm³/mol. The van der Waals surface area contributed by atoms with E-state index in [1.54, 1.807) is 28.2 Å². The minimum absolute atomic E-state index is 0.257. The minimum Gasteiger partial charge on any atom is -0.396 e. The summed E-state index contributed by atoms with van der Waals surface area (Å²) in [4.78, 5) is 27.0. The van der Waals surface area contributed by atoms with E-state index in [1.165, 1.54) is 9.80 Å². The highest BCUT2D eigenvalue weighted by Crippen LogP contribution is 2.35. The summed E-state index contributed by atoms with van der Waals surface area (Å²) in [5.41, 5.74) is 0. The summed E-state index contributed by atoms with van der Waals surface area (Å²) >= 11 is 0. The SMILES string of the molecule is CN(C)C(=O)[C@@H]1OB(C(C)(C)C)O[C@H]1C(=O)N(C)C. The first-order valence-electron chi connectivity index (χ1n) is 6.29. The standard InChI is InChI=1S/C12H23BN2O4/c1-12(2,3)13-18-8(10(16)14(4)5)9(19-13)11(17)15(6)7/h8-9H,1-7H3/t8-,9-/m1/s1. The highest BCUT2D eigenvalue weighted by Gasteiger charge is 2.52. The molecule has 0 radical (unpaired) electrons. The van der Waals surface area contributed by atoms with Crippen LogP contribution in [0.2, 0.25) is 5.31 Å². The Kier molecular flexibility index (Phi) is 4.63. The van der Waals surface area contributed by atoms with Crippen LogP contribution in [0.4, 0.5) is 0 Å². The Balaban J connectivity index is 2.97.